The normalized spacial score (nSPS) is 14.2. The molecule has 0 bridgehead atoms. The molecule has 338 valence electrons. The second kappa shape index (κ2) is 19.5. The molecule has 0 unspecified atom stereocenters. The molecule has 0 atom stereocenters. The number of nitrogens with zero attached hydrogens (tertiary/aromatic N) is 2. The van der Waals surface area contributed by atoms with Crippen molar-refractivity contribution in [2.75, 3.05) is 9.80 Å². The van der Waals surface area contributed by atoms with Crippen LogP contribution < -0.4 is 9.80 Å². The Hall–Kier alpha value is -8.04. The van der Waals surface area contributed by atoms with Crippen molar-refractivity contribution in [3.63, 3.8) is 0 Å². The van der Waals surface area contributed by atoms with Crippen LogP contribution in [0, 0.1) is 23.7 Å². The van der Waals surface area contributed by atoms with Gasteiger partial charge >= 0.3 is 0 Å². The summed E-state index contributed by atoms with van der Waals surface area (Å²) < 4.78 is 0. The Kier molecular flexibility index (Phi) is 12.1. The number of rotatable bonds is 8. The van der Waals surface area contributed by atoms with Gasteiger partial charge in [0.15, 0.2) is 0 Å². The molecule has 70 heavy (non-hydrogen) atoms. The van der Waals surface area contributed by atoms with Crippen molar-refractivity contribution in [3.8, 4) is 23.7 Å². The van der Waals surface area contributed by atoms with Crippen molar-refractivity contribution in [2.45, 2.75) is 76.0 Å². The molecule has 2 saturated carbocycles. The molecule has 0 heterocycles. The van der Waals surface area contributed by atoms with Crippen LogP contribution in [0.2, 0.25) is 0 Å². The highest BCUT2D eigenvalue weighted by atomic mass is 15.1. The van der Waals surface area contributed by atoms with E-state index < -0.39 is 0 Å². The van der Waals surface area contributed by atoms with Crippen molar-refractivity contribution in [1.82, 2.24) is 0 Å². The molecule has 10 aromatic rings. The predicted octanol–water partition coefficient (Wildman–Crippen LogP) is 18.4. The van der Waals surface area contributed by atoms with Gasteiger partial charge in [0.1, 0.15) is 0 Å². The SMILES string of the molecule is C(#Cc1cc(C2CCCCC2)c2ccc3c(C#Cc4ccc(N(c5ccccc5)c5ccccc5)cc4)cc(C4CCCCC4)c4ccc1c2c34)c1ccc(N(c2ccccc2)c2ccccc2)cc1. The van der Waals surface area contributed by atoms with Crippen molar-refractivity contribution in [3.05, 3.63) is 240 Å². The first kappa shape index (κ1) is 43.3. The first-order chi connectivity index (χ1) is 34.7. The van der Waals surface area contributed by atoms with E-state index in [0.717, 1.165) is 56.4 Å². The molecule has 2 heteroatoms. The van der Waals surface area contributed by atoms with Crippen LogP contribution >= 0.6 is 0 Å². The first-order valence-corrected chi connectivity index (χ1v) is 25.6. The summed E-state index contributed by atoms with van der Waals surface area (Å²) in [5.41, 5.74) is 13.9. The summed E-state index contributed by atoms with van der Waals surface area (Å²) in [7, 11) is 0. The van der Waals surface area contributed by atoms with Gasteiger partial charge in [0, 0.05) is 56.4 Å². The molecule has 10 aromatic carbocycles. The van der Waals surface area contributed by atoms with Crippen LogP contribution in [-0.4, -0.2) is 0 Å². The number of anilines is 6. The fraction of sp³-hybridized carbons (Fsp3) is 0.176. The Morgan fingerprint density at radius 3 is 0.914 bits per heavy atom. The third kappa shape index (κ3) is 8.57. The summed E-state index contributed by atoms with van der Waals surface area (Å²) >= 11 is 0. The molecular formula is C68H56N2. The number of benzene rings is 10. The summed E-state index contributed by atoms with van der Waals surface area (Å²) in [5, 5.41) is 8.01. The lowest BCUT2D eigenvalue weighted by Crippen LogP contribution is -2.09. The molecule has 0 N–H and O–H groups in total. The highest BCUT2D eigenvalue weighted by Crippen LogP contribution is 2.47. The fourth-order valence-electron chi connectivity index (χ4n) is 11.6. The van der Waals surface area contributed by atoms with Gasteiger partial charge in [-0.15, -0.1) is 0 Å². The average molecular weight is 901 g/mol. The number of hydrogen-bond acceptors (Lipinski definition) is 2. The first-order valence-electron chi connectivity index (χ1n) is 25.6. The smallest absolute Gasteiger partial charge is 0.0462 e. The molecule has 0 saturated heterocycles. The summed E-state index contributed by atoms with van der Waals surface area (Å²) in [6.45, 7) is 0. The van der Waals surface area contributed by atoms with Gasteiger partial charge in [0.05, 0.1) is 0 Å². The lowest BCUT2D eigenvalue weighted by atomic mass is 9.77. The van der Waals surface area contributed by atoms with E-state index >= 15 is 0 Å². The Bertz CT molecular complexity index is 3210. The van der Waals surface area contributed by atoms with Gasteiger partial charge in [0.25, 0.3) is 0 Å². The Balaban J connectivity index is 0.970. The van der Waals surface area contributed by atoms with Gasteiger partial charge in [-0.25, -0.2) is 0 Å². The highest BCUT2D eigenvalue weighted by molar-refractivity contribution is 6.26. The minimum absolute atomic E-state index is 0.528. The standard InChI is InChI=1S/C68H56N2/c1-7-19-51(20-8-1)65-47-53(37-31-49-33-39-59(40-34-49)69(55-23-11-3-12-24-55)56-25-13-4-14-26-56)61-44-46-64-66(52-21-9-2-10-22-52)48-54(62-43-45-63(65)67(61)68(62)64)38-32-50-35-41-60(42-36-50)70(57-27-15-5-16-28-57)58-29-17-6-18-30-58/h3-6,11-18,23-30,33-36,39-48,51-52H,1-2,7-10,19-22H2. The lowest BCUT2D eigenvalue weighted by Gasteiger charge is -2.27. The minimum Gasteiger partial charge on any atom is -0.311 e. The Labute approximate surface area is 413 Å². The zero-order valence-corrected chi connectivity index (χ0v) is 39.8. The minimum atomic E-state index is 0.528. The van der Waals surface area contributed by atoms with E-state index in [1.54, 1.807) is 0 Å². The van der Waals surface area contributed by atoms with Crippen LogP contribution in [0.1, 0.15) is 109 Å². The maximum absolute atomic E-state index is 3.78. The quantitative estimate of drug-likeness (QED) is 0.111. The van der Waals surface area contributed by atoms with E-state index in [0.29, 0.717) is 11.8 Å². The molecule has 2 nitrogen and oxygen atoms in total. The summed E-state index contributed by atoms with van der Waals surface area (Å²) in [6, 6.07) is 74.5. The summed E-state index contributed by atoms with van der Waals surface area (Å²) in [5.74, 6) is 15.9. The highest BCUT2D eigenvalue weighted by Gasteiger charge is 2.25. The Morgan fingerprint density at radius 2 is 0.586 bits per heavy atom. The van der Waals surface area contributed by atoms with Gasteiger partial charge in [-0.05, 0) is 190 Å². The van der Waals surface area contributed by atoms with Crippen molar-refractivity contribution in [2.24, 2.45) is 0 Å². The third-order valence-electron chi connectivity index (χ3n) is 15.0. The van der Waals surface area contributed by atoms with Gasteiger partial charge in [-0.3, -0.25) is 0 Å². The summed E-state index contributed by atoms with van der Waals surface area (Å²) in [6.07, 6.45) is 12.7. The molecule has 0 aromatic heterocycles. The molecule has 2 aliphatic rings. The van der Waals surface area contributed by atoms with E-state index in [4.69, 9.17) is 0 Å². The number of hydrogen-bond donors (Lipinski definition) is 0. The average Bonchev–Trinajstić information content (AvgIpc) is 3.44. The maximum atomic E-state index is 3.78. The van der Waals surface area contributed by atoms with Crippen LogP contribution in [0.25, 0.3) is 32.3 Å². The molecule has 0 aliphatic heterocycles. The van der Waals surface area contributed by atoms with Gasteiger partial charge in [-0.2, -0.15) is 0 Å². The molecule has 12 rings (SSSR count). The molecule has 2 aliphatic carbocycles. The van der Waals surface area contributed by atoms with E-state index in [9.17, 15) is 0 Å². The zero-order chi connectivity index (χ0) is 46.6. The molecule has 2 fully saturated rings. The second-order valence-corrected chi connectivity index (χ2v) is 19.4. The van der Waals surface area contributed by atoms with Crippen molar-refractivity contribution in [1.29, 1.82) is 0 Å². The topological polar surface area (TPSA) is 6.48 Å². The van der Waals surface area contributed by atoms with Crippen LogP contribution in [0.4, 0.5) is 34.1 Å². The van der Waals surface area contributed by atoms with Gasteiger partial charge in [-0.1, -0.05) is 159 Å². The Morgan fingerprint density at radius 1 is 0.286 bits per heavy atom. The van der Waals surface area contributed by atoms with Crippen LogP contribution in [0.15, 0.2) is 206 Å². The van der Waals surface area contributed by atoms with E-state index in [-0.39, 0.29) is 0 Å². The van der Waals surface area contributed by atoms with Crippen LogP contribution in [-0.2, 0) is 0 Å². The largest absolute Gasteiger partial charge is 0.311 e. The van der Waals surface area contributed by atoms with E-state index in [1.807, 2.05) is 0 Å². The van der Waals surface area contributed by atoms with Gasteiger partial charge < -0.3 is 9.80 Å². The fourth-order valence-corrected chi connectivity index (χ4v) is 11.6. The molecule has 0 radical (unpaired) electrons. The molecule has 0 amide bonds. The molecule has 0 spiro atoms. The van der Waals surface area contributed by atoms with E-state index in [1.165, 1.54) is 108 Å². The van der Waals surface area contributed by atoms with E-state index in [2.05, 4.69) is 240 Å². The summed E-state index contributed by atoms with van der Waals surface area (Å²) in [4.78, 5) is 4.61. The zero-order valence-electron chi connectivity index (χ0n) is 39.8. The van der Waals surface area contributed by atoms with Gasteiger partial charge in [0.2, 0.25) is 0 Å². The number of para-hydroxylation sites is 4. The monoisotopic (exact) mass is 900 g/mol. The lowest BCUT2D eigenvalue weighted by molar-refractivity contribution is 0.445. The van der Waals surface area contributed by atoms with Crippen LogP contribution in [0.5, 0.6) is 0 Å². The third-order valence-corrected chi connectivity index (χ3v) is 15.0. The second-order valence-electron chi connectivity index (χ2n) is 19.4. The van der Waals surface area contributed by atoms with Crippen molar-refractivity contribution < 1.29 is 0 Å². The van der Waals surface area contributed by atoms with Crippen molar-refractivity contribution >= 4 is 66.4 Å². The molecular weight excluding hydrogens is 845 g/mol. The predicted molar refractivity (Wildman–Crippen MR) is 296 cm³/mol. The van der Waals surface area contributed by atoms with Crippen LogP contribution in [0.3, 0.4) is 0 Å². The maximum Gasteiger partial charge on any atom is 0.0462 e.